The Morgan fingerprint density at radius 2 is 1.83 bits per heavy atom. The normalized spacial score (nSPS) is 17.2. The first-order chi connectivity index (χ1) is 14.0. The number of anilines is 1. The molecular formula is C26H33N3. The van der Waals surface area contributed by atoms with Crippen LogP contribution in [0.1, 0.15) is 67.2 Å². The predicted molar refractivity (Wildman–Crippen MR) is 126 cm³/mol. The molecule has 2 aromatic rings. The SMILES string of the molecule is C=C/C(=C\c1cc(C(N)=NC2CCCCC2)c(N)cc1C)C(C)c1ccccc1. The smallest absolute Gasteiger partial charge is 0.128 e. The maximum Gasteiger partial charge on any atom is 0.128 e. The Morgan fingerprint density at radius 3 is 2.48 bits per heavy atom. The molecule has 0 saturated heterocycles. The molecule has 4 N–H and O–H groups in total. The largest absolute Gasteiger partial charge is 0.398 e. The fourth-order valence-electron chi connectivity index (χ4n) is 4.08. The highest BCUT2D eigenvalue weighted by Gasteiger charge is 2.15. The molecule has 2 aromatic carbocycles. The maximum absolute atomic E-state index is 6.39. The van der Waals surface area contributed by atoms with Crippen LogP contribution in [-0.2, 0) is 0 Å². The number of benzene rings is 2. The molecule has 0 bridgehead atoms. The zero-order chi connectivity index (χ0) is 20.8. The second-order valence-corrected chi connectivity index (χ2v) is 8.08. The number of nitrogen functional groups attached to an aromatic ring is 1. The third kappa shape index (κ3) is 5.17. The average Bonchev–Trinajstić information content (AvgIpc) is 2.74. The molecule has 0 spiro atoms. The Hall–Kier alpha value is -2.81. The third-order valence-electron chi connectivity index (χ3n) is 5.97. The van der Waals surface area contributed by atoms with Gasteiger partial charge in [0.1, 0.15) is 5.84 Å². The van der Waals surface area contributed by atoms with Crippen LogP contribution in [0.5, 0.6) is 0 Å². The quantitative estimate of drug-likeness (QED) is 0.277. The van der Waals surface area contributed by atoms with Gasteiger partial charge in [0, 0.05) is 17.2 Å². The molecule has 1 saturated carbocycles. The van der Waals surface area contributed by atoms with Crippen molar-refractivity contribution >= 4 is 17.6 Å². The van der Waals surface area contributed by atoms with Crippen molar-refractivity contribution in [2.24, 2.45) is 10.7 Å². The van der Waals surface area contributed by atoms with Crippen molar-refractivity contribution in [3.8, 4) is 0 Å². The first kappa shape index (κ1) is 20.9. The van der Waals surface area contributed by atoms with E-state index < -0.39 is 0 Å². The van der Waals surface area contributed by atoms with Crippen LogP contribution in [0, 0.1) is 6.92 Å². The van der Waals surface area contributed by atoms with Gasteiger partial charge in [-0.05, 0) is 54.2 Å². The van der Waals surface area contributed by atoms with Gasteiger partial charge >= 0.3 is 0 Å². The first-order valence-electron chi connectivity index (χ1n) is 10.6. The number of aryl methyl sites for hydroxylation is 1. The second kappa shape index (κ2) is 9.60. The van der Waals surface area contributed by atoms with Gasteiger partial charge in [-0.25, -0.2) is 0 Å². The van der Waals surface area contributed by atoms with Gasteiger partial charge in [0.25, 0.3) is 0 Å². The summed E-state index contributed by atoms with van der Waals surface area (Å²) in [5.41, 5.74) is 18.9. The van der Waals surface area contributed by atoms with Crippen LogP contribution in [0.4, 0.5) is 5.69 Å². The highest BCUT2D eigenvalue weighted by Crippen LogP contribution is 2.29. The topological polar surface area (TPSA) is 64.4 Å². The van der Waals surface area contributed by atoms with Crippen molar-refractivity contribution in [1.29, 1.82) is 0 Å². The van der Waals surface area contributed by atoms with E-state index >= 15 is 0 Å². The fourth-order valence-corrected chi connectivity index (χ4v) is 4.08. The zero-order valence-electron chi connectivity index (χ0n) is 17.7. The first-order valence-corrected chi connectivity index (χ1v) is 10.6. The number of nitrogens with two attached hydrogens (primary N) is 2. The average molecular weight is 388 g/mol. The summed E-state index contributed by atoms with van der Waals surface area (Å²) < 4.78 is 0. The third-order valence-corrected chi connectivity index (χ3v) is 5.97. The van der Waals surface area contributed by atoms with E-state index in [-0.39, 0.29) is 5.92 Å². The van der Waals surface area contributed by atoms with Crippen molar-refractivity contribution in [1.82, 2.24) is 0 Å². The predicted octanol–water partition coefficient (Wildman–Crippen LogP) is 5.99. The molecule has 1 unspecified atom stereocenters. The van der Waals surface area contributed by atoms with E-state index in [0.717, 1.165) is 35.1 Å². The minimum absolute atomic E-state index is 0.252. The molecule has 1 aliphatic rings. The van der Waals surface area contributed by atoms with Gasteiger partial charge in [0.05, 0.1) is 6.04 Å². The molecule has 0 aromatic heterocycles. The van der Waals surface area contributed by atoms with E-state index in [2.05, 4.69) is 56.8 Å². The number of allylic oxidation sites excluding steroid dienone is 2. The molecule has 0 radical (unpaired) electrons. The number of hydrogen-bond donors (Lipinski definition) is 2. The summed E-state index contributed by atoms with van der Waals surface area (Å²) >= 11 is 0. The number of nitrogens with zero attached hydrogens (tertiary/aromatic N) is 1. The van der Waals surface area contributed by atoms with E-state index in [1.165, 1.54) is 24.8 Å². The van der Waals surface area contributed by atoms with Crippen molar-refractivity contribution in [2.75, 3.05) is 5.73 Å². The summed E-state index contributed by atoms with van der Waals surface area (Å²) in [5.74, 6) is 0.808. The van der Waals surface area contributed by atoms with Crippen LogP contribution in [0.3, 0.4) is 0 Å². The van der Waals surface area contributed by atoms with E-state index in [9.17, 15) is 0 Å². The number of hydrogen-bond acceptors (Lipinski definition) is 2. The molecule has 29 heavy (non-hydrogen) atoms. The molecule has 0 heterocycles. The highest BCUT2D eigenvalue weighted by molar-refractivity contribution is 6.02. The maximum atomic E-state index is 6.39. The molecule has 3 rings (SSSR count). The van der Waals surface area contributed by atoms with Gasteiger partial charge in [-0.2, -0.15) is 0 Å². The summed E-state index contributed by atoms with van der Waals surface area (Å²) in [6.07, 6.45) is 10.1. The standard InChI is InChI=1S/C26H33N3/c1-4-20(19(3)21-11-7-5-8-12-21)16-22-17-24(25(27)15-18(22)2)26(28)29-23-13-9-6-10-14-23/h4-5,7-8,11-12,15-17,19,23H,1,6,9-10,13-14,27H2,2-3H3,(H2,28,29)/b20-16+. The lowest BCUT2D eigenvalue weighted by molar-refractivity contribution is 0.443. The molecule has 1 aliphatic carbocycles. The van der Waals surface area contributed by atoms with Crippen LogP contribution in [0.2, 0.25) is 0 Å². The lowest BCUT2D eigenvalue weighted by atomic mass is 9.90. The lowest BCUT2D eigenvalue weighted by Crippen LogP contribution is -2.21. The lowest BCUT2D eigenvalue weighted by Gasteiger charge is -2.19. The molecule has 1 fully saturated rings. The Balaban J connectivity index is 1.94. The molecule has 0 aliphatic heterocycles. The van der Waals surface area contributed by atoms with Crippen molar-refractivity contribution in [2.45, 2.75) is 57.9 Å². The van der Waals surface area contributed by atoms with Crippen molar-refractivity contribution in [3.05, 3.63) is 82.9 Å². The molecule has 3 nitrogen and oxygen atoms in total. The van der Waals surface area contributed by atoms with Gasteiger partial charge in [0.2, 0.25) is 0 Å². The van der Waals surface area contributed by atoms with Crippen LogP contribution < -0.4 is 11.5 Å². The van der Waals surface area contributed by atoms with Crippen LogP contribution in [0.25, 0.3) is 6.08 Å². The van der Waals surface area contributed by atoms with E-state index in [1.807, 2.05) is 18.2 Å². The number of rotatable bonds is 6. The fraction of sp³-hybridized carbons (Fsp3) is 0.346. The van der Waals surface area contributed by atoms with Gasteiger partial charge < -0.3 is 11.5 Å². The van der Waals surface area contributed by atoms with Gasteiger partial charge in [-0.1, -0.05) is 75.2 Å². The van der Waals surface area contributed by atoms with Gasteiger partial charge in [-0.15, -0.1) is 0 Å². The van der Waals surface area contributed by atoms with Crippen LogP contribution in [-0.4, -0.2) is 11.9 Å². The van der Waals surface area contributed by atoms with E-state index in [4.69, 9.17) is 16.5 Å². The molecule has 1 atom stereocenters. The summed E-state index contributed by atoms with van der Waals surface area (Å²) in [4.78, 5) is 4.79. The summed E-state index contributed by atoms with van der Waals surface area (Å²) in [6.45, 7) is 8.33. The van der Waals surface area contributed by atoms with Crippen molar-refractivity contribution in [3.63, 3.8) is 0 Å². The Labute approximate surface area is 175 Å². The number of aliphatic imine (C=N–C) groups is 1. The van der Waals surface area contributed by atoms with Gasteiger partial charge in [-0.3, -0.25) is 4.99 Å². The molecule has 3 heteroatoms. The number of amidine groups is 1. The Kier molecular flexibility index (Phi) is 6.92. The minimum atomic E-state index is 0.252. The summed E-state index contributed by atoms with van der Waals surface area (Å²) in [6, 6.07) is 14.9. The zero-order valence-corrected chi connectivity index (χ0v) is 17.7. The Morgan fingerprint density at radius 1 is 1.14 bits per heavy atom. The Bertz CT molecular complexity index is 903. The molecular weight excluding hydrogens is 354 g/mol. The van der Waals surface area contributed by atoms with Gasteiger partial charge in [0.15, 0.2) is 0 Å². The monoisotopic (exact) mass is 387 g/mol. The summed E-state index contributed by atoms with van der Waals surface area (Å²) in [7, 11) is 0. The minimum Gasteiger partial charge on any atom is -0.398 e. The van der Waals surface area contributed by atoms with Crippen molar-refractivity contribution < 1.29 is 0 Å². The molecule has 0 amide bonds. The van der Waals surface area contributed by atoms with E-state index in [1.54, 1.807) is 0 Å². The summed E-state index contributed by atoms with van der Waals surface area (Å²) in [5, 5.41) is 0. The second-order valence-electron chi connectivity index (χ2n) is 8.08. The van der Waals surface area contributed by atoms with Crippen LogP contribution in [0.15, 0.2) is 65.7 Å². The van der Waals surface area contributed by atoms with Crippen LogP contribution >= 0.6 is 0 Å². The van der Waals surface area contributed by atoms with E-state index in [0.29, 0.717) is 17.6 Å². The molecule has 152 valence electrons. The highest BCUT2D eigenvalue weighted by atomic mass is 14.9.